The molecule has 0 spiro atoms. The summed E-state index contributed by atoms with van der Waals surface area (Å²) in [5.74, 6) is 0. The fraction of sp³-hybridized carbons (Fsp3) is 0.750. The molecule has 0 fully saturated rings. The largest absolute Gasteiger partial charge is 3.00 e. The zero-order chi connectivity index (χ0) is 13.5. The van der Waals surface area contributed by atoms with Gasteiger partial charge in [0, 0.05) is 0 Å². The molecule has 4 heteroatoms. The number of rotatable bonds is 0. The van der Waals surface area contributed by atoms with Crippen LogP contribution in [-0.4, -0.2) is 24.2 Å². The van der Waals surface area contributed by atoms with Crippen LogP contribution in [0.4, 0.5) is 0 Å². The van der Waals surface area contributed by atoms with Gasteiger partial charge in [0.2, 0.25) is 0 Å². The topological polar surface area (TPSA) is 0 Å². The van der Waals surface area contributed by atoms with Crippen molar-refractivity contribution in [2.24, 2.45) is 0 Å². The number of hydrogen-bond donors (Lipinski definition) is 0. The van der Waals surface area contributed by atoms with E-state index in [1.54, 1.807) is 0 Å². The van der Waals surface area contributed by atoms with Crippen molar-refractivity contribution in [2.75, 3.05) is 0 Å². The van der Waals surface area contributed by atoms with Crippen LogP contribution in [0.2, 0.25) is 58.9 Å². The van der Waals surface area contributed by atoms with Gasteiger partial charge in [-0.3, -0.25) is 0 Å². The van der Waals surface area contributed by atoms with E-state index < -0.39 is 24.2 Å². The molecule has 0 rings (SSSR count). The second-order valence-electron chi connectivity index (χ2n) is 7.68. The molecule has 102 valence electrons. The molecule has 0 bridgehead atoms. The van der Waals surface area contributed by atoms with Gasteiger partial charge in [0.05, 0.1) is 0 Å². The van der Waals surface area contributed by atoms with Crippen molar-refractivity contribution in [3.05, 3.63) is 19.6 Å². The minimum atomic E-state index is -0.861. The van der Waals surface area contributed by atoms with Gasteiger partial charge in [-0.2, -0.15) is 0 Å². The van der Waals surface area contributed by atoms with Crippen LogP contribution in [0.5, 0.6) is 0 Å². The van der Waals surface area contributed by atoms with Gasteiger partial charge in [0.25, 0.3) is 0 Å². The van der Waals surface area contributed by atoms with E-state index in [2.05, 4.69) is 78.6 Å². The first-order valence-electron chi connectivity index (χ1n) is 5.56. The van der Waals surface area contributed by atoms with Gasteiger partial charge in [0.15, 0.2) is 0 Å². The van der Waals surface area contributed by atoms with Crippen molar-refractivity contribution in [3.63, 3.8) is 0 Å². The Morgan fingerprint density at radius 2 is 0.438 bits per heavy atom. The molecule has 0 nitrogen and oxygen atoms in total. The molecule has 0 heterocycles. The molecule has 16 heavy (non-hydrogen) atoms. The second-order valence-corrected chi connectivity index (χ2v) is 23.0. The van der Waals surface area contributed by atoms with E-state index >= 15 is 0 Å². The first kappa shape index (κ1) is 25.9. The third-order valence-corrected chi connectivity index (χ3v) is 0. The van der Waals surface area contributed by atoms with Crippen LogP contribution >= 0.6 is 0 Å². The normalized spacial score (nSPS) is 11.2. The molecule has 0 radical (unpaired) electrons. The maximum absolute atomic E-state index is 3.91. The van der Waals surface area contributed by atoms with Gasteiger partial charge in [-0.15, -0.1) is 24.2 Å². The summed E-state index contributed by atoms with van der Waals surface area (Å²) in [6, 6.07) is 0. The van der Waals surface area contributed by atoms with Gasteiger partial charge in [-0.05, 0) is 0 Å². The quantitative estimate of drug-likeness (QED) is 0.431. The van der Waals surface area contributed by atoms with E-state index in [4.69, 9.17) is 0 Å². The summed E-state index contributed by atoms with van der Waals surface area (Å²) in [6.07, 6.45) is 0. The van der Waals surface area contributed by atoms with E-state index in [1.165, 1.54) is 0 Å². The predicted molar refractivity (Wildman–Crippen MR) is 86.1 cm³/mol. The van der Waals surface area contributed by atoms with Gasteiger partial charge in [0.1, 0.15) is 0 Å². The first-order chi connectivity index (χ1) is 6.00. The Morgan fingerprint density at radius 3 is 0.438 bits per heavy atom. The second kappa shape index (κ2) is 10.1. The van der Waals surface area contributed by atoms with E-state index in [9.17, 15) is 0 Å². The molecule has 0 aliphatic heterocycles. The van der Waals surface area contributed by atoms with Crippen molar-refractivity contribution in [3.8, 4) is 0 Å². The van der Waals surface area contributed by atoms with Crippen LogP contribution in [0, 0.1) is 19.6 Å². The Kier molecular flexibility index (Phi) is 16.4. The van der Waals surface area contributed by atoms with Crippen molar-refractivity contribution in [2.45, 2.75) is 58.9 Å². The van der Waals surface area contributed by atoms with E-state index in [1.807, 2.05) is 0 Å². The monoisotopic (exact) mass is 320 g/mol. The van der Waals surface area contributed by atoms with Crippen molar-refractivity contribution in [1.82, 2.24) is 0 Å². The smallest absolute Gasteiger partial charge is 0.342 e. The molecule has 0 saturated carbocycles. The summed E-state index contributed by atoms with van der Waals surface area (Å²) in [6.45, 7) is 31.7. The molecule has 0 aliphatic carbocycles. The van der Waals surface area contributed by atoms with Crippen LogP contribution in [0.3, 0.4) is 0 Å². The molecule has 0 saturated heterocycles. The van der Waals surface area contributed by atoms with Crippen LogP contribution in [-0.2, 0) is 16.8 Å². The predicted octanol–water partition coefficient (Wildman–Crippen LogP) is 5.09. The molecule has 0 aromatic rings. The third-order valence-electron chi connectivity index (χ3n) is 0. The molecule has 0 N–H and O–H groups in total. The van der Waals surface area contributed by atoms with Gasteiger partial charge < -0.3 is 19.6 Å². The molecular formula is C12H33CoSi3. The zero-order valence-corrected chi connectivity index (χ0v) is 17.0. The van der Waals surface area contributed by atoms with Gasteiger partial charge in [-0.1, -0.05) is 58.9 Å². The average molecular weight is 321 g/mol. The summed E-state index contributed by atoms with van der Waals surface area (Å²) in [7, 11) is -2.58. The van der Waals surface area contributed by atoms with Gasteiger partial charge >= 0.3 is 16.8 Å². The van der Waals surface area contributed by atoms with Crippen LogP contribution < -0.4 is 0 Å². The molecule has 0 atom stereocenters. The Morgan fingerprint density at radius 1 is 0.438 bits per heavy atom. The Balaban J connectivity index is -0.0000000655. The molecular weight excluding hydrogens is 287 g/mol. The molecule has 0 unspecified atom stereocenters. The number of hydrogen-bond acceptors (Lipinski definition) is 0. The summed E-state index contributed by atoms with van der Waals surface area (Å²) in [5, 5.41) is 0. The molecule has 0 aromatic carbocycles. The van der Waals surface area contributed by atoms with Crippen LogP contribution in [0.1, 0.15) is 0 Å². The minimum Gasteiger partial charge on any atom is -0.342 e. The van der Waals surface area contributed by atoms with Crippen molar-refractivity contribution in [1.29, 1.82) is 0 Å². The maximum Gasteiger partial charge on any atom is 3.00 e. The standard InChI is InChI=1S/3C4H11Si.Co/c3*1-5(2,3)4;/h3*1H2,2-4H3;/q3*-1;+3. The Bertz CT molecular complexity index is 91.3. The van der Waals surface area contributed by atoms with Crippen molar-refractivity contribution >= 4 is 24.2 Å². The molecule has 0 amide bonds. The first-order valence-corrected chi connectivity index (χ1v) is 16.7. The summed E-state index contributed by atoms with van der Waals surface area (Å²) < 4.78 is 0. The minimum absolute atomic E-state index is 0. The summed E-state index contributed by atoms with van der Waals surface area (Å²) in [4.78, 5) is 0. The fourth-order valence-electron chi connectivity index (χ4n) is 0. The van der Waals surface area contributed by atoms with E-state index in [0.29, 0.717) is 0 Å². The summed E-state index contributed by atoms with van der Waals surface area (Å²) >= 11 is 0. The summed E-state index contributed by atoms with van der Waals surface area (Å²) in [5.41, 5.74) is 0. The SMILES string of the molecule is [CH2-][Si](C)(C)C.[CH2-][Si](C)(C)C.[CH2-][Si](C)(C)C.[Co+3]. The molecule has 0 aliphatic rings. The maximum atomic E-state index is 3.91. The van der Waals surface area contributed by atoms with Crippen LogP contribution in [0.25, 0.3) is 0 Å². The van der Waals surface area contributed by atoms with E-state index in [0.717, 1.165) is 0 Å². The van der Waals surface area contributed by atoms with Crippen LogP contribution in [0.15, 0.2) is 0 Å². The van der Waals surface area contributed by atoms with E-state index in [-0.39, 0.29) is 16.8 Å². The molecule has 0 aromatic heterocycles. The van der Waals surface area contributed by atoms with Gasteiger partial charge in [-0.25, -0.2) is 0 Å². The third kappa shape index (κ3) is 2270. The van der Waals surface area contributed by atoms with Crippen molar-refractivity contribution < 1.29 is 16.8 Å². The Labute approximate surface area is 119 Å². The zero-order valence-electron chi connectivity index (χ0n) is 13.0. The fourth-order valence-corrected chi connectivity index (χ4v) is 0. The average Bonchev–Trinajstić information content (AvgIpc) is 1.41. The Hall–Kier alpha value is 1.16.